The van der Waals surface area contributed by atoms with Crippen LogP contribution in [0.5, 0.6) is 11.5 Å². The fourth-order valence-electron chi connectivity index (χ4n) is 7.85. The number of nitrogens with zero attached hydrogens (tertiary/aromatic N) is 2. The summed E-state index contributed by atoms with van der Waals surface area (Å²) in [5.41, 5.74) is 1.44. The SMILES string of the molecule is COc1ccc(C(OC[C@H](COCCOCCO[C@@H]2O[C@H](COC(C)=O)[C@H](C)[C@H](OC(C)=O)[C@H]2NC(C)=O)OP(OCCC#N)N(C(C)C)C(C)C)(c2ccccc2)c2ccc(OC)cc2)cc1. The first-order valence-corrected chi connectivity index (χ1v) is 24.0. The maximum atomic E-state index is 12.2. The van der Waals surface area contributed by atoms with Crippen molar-refractivity contribution >= 4 is 26.4 Å². The van der Waals surface area contributed by atoms with Crippen molar-refractivity contribution in [3.05, 3.63) is 95.6 Å². The lowest BCUT2D eigenvalue weighted by Gasteiger charge is -2.44. The van der Waals surface area contributed by atoms with Crippen LogP contribution in [0.3, 0.4) is 0 Å². The van der Waals surface area contributed by atoms with Crippen molar-refractivity contribution in [2.75, 3.05) is 67.1 Å². The number of methoxy groups -OCH3 is 2. The van der Waals surface area contributed by atoms with E-state index in [-0.39, 0.29) is 77.3 Å². The Morgan fingerprint density at radius 1 is 0.779 bits per heavy atom. The van der Waals surface area contributed by atoms with Crippen LogP contribution in [0.25, 0.3) is 0 Å². The van der Waals surface area contributed by atoms with E-state index in [0.717, 1.165) is 16.7 Å². The number of carbonyl (C=O) groups is 3. The van der Waals surface area contributed by atoms with Gasteiger partial charge in [0.05, 0.1) is 73.0 Å². The Kier molecular flexibility index (Phi) is 23.6. The van der Waals surface area contributed by atoms with Gasteiger partial charge in [-0.1, -0.05) is 61.5 Å². The summed E-state index contributed by atoms with van der Waals surface area (Å²) in [7, 11) is 1.56. The van der Waals surface area contributed by atoms with Crippen molar-refractivity contribution in [2.24, 2.45) is 5.92 Å². The summed E-state index contributed by atoms with van der Waals surface area (Å²) in [6, 6.07) is 26.9. The summed E-state index contributed by atoms with van der Waals surface area (Å²) >= 11 is 0. The number of ether oxygens (including phenoxy) is 9. The van der Waals surface area contributed by atoms with Crippen molar-refractivity contribution in [1.29, 1.82) is 5.26 Å². The van der Waals surface area contributed by atoms with Crippen molar-refractivity contribution < 1.29 is 66.1 Å². The van der Waals surface area contributed by atoms with E-state index < -0.39 is 62.6 Å². The standard InChI is InChI=1S/C50H70N3O14P/c1-34(2)53(35(3)4)68(64-26-14-25-51)67-45(32-63-50(40-15-12-11-13-16-40,41-17-21-43(57-9)22-18-41)42-19-23-44(58-10)24-20-42)31-60-28-27-59-29-30-61-49-47(52-37(6)54)48(65-39(8)56)36(5)46(66-49)33-62-38(7)55/h11-13,15-24,34-36,45-49H,14,26-33H2,1-10H3,(H,52,54)/t36-,45-,46+,47+,48-,49+,68?/m0/s1. The average molecular weight is 968 g/mol. The molecule has 1 fully saturated rings. The molecule has 1 aliphatic heterocycles. The molecule has 1 unspecified atom stereocenters. The smallest absolute Gasteiger partial charge is 0.302 e. The highest BCUT2D eigenvalue weighted by Gasteiger charge is 2.47. The molecule has 4 rings (SSSR count). The van der Waals surface area contributed by atoms with Gasteiger partial charge in [0.2, 0.25) is 5.91 Å². The monoisotopic (exact) mass is 967 g/mol. The molecule has 0 bridgehead atoms. The van der Waals surface area contributed by atoms with Gasteiger partial charge >= 0.3 is 11.9 Å². The normalized spacial score (nSPS) is 19.3. The Labute approximate surface area is 402 Å². The highest BCUT2D eigenvalue weighted by molar-refractivity contribution is 7.44. The molecule has 1 saturated heterocycles. The van der Waals surface area contributed by atoms with Crippen LogP contribution in [-0.2, 0) is 62.2 Å². The Balaban J connectivity index is 1.55. The largest absolute Gasteiger partial charge is 0.497 e. The molecule has 0 aliphatic carbocycles. The molecule has 0 spiro atoms. The number of hydrogen-bond acceptors (Lipinski definition) is 16. The molecule has 3 aromatic carbocycles. The van der Waals surface area contributed by atoms with E-state index in [1.165, 1.54) is 20.8 Å². The number of benzene rings is 3. The summed E-state index contributed by atoms with van der Waals surface area (Å²) in [5, 5.41) is 12.2. The van der Waals surface area contributed by atoms with Crippen LogP contribution in [0.4, 0.5) is 0 Å². The number of amides is 1. The van der Waals surface area contributed by atoms with Gasteiger partial charge in [0.15, 0.2) is 6.29 Å². The molecule has 0 saturated carbocycles. The van der Waals surface area contributed by atoms with Crippen molar-refractivity contribution in [3.63, 3.8) is 0 Å². The molecular formula is C50H70N3O14P. The third-order valence-corrected chi connectivity index (χ3v) is 13.1. The highest BCUT2D eigenvalue weighted by Crippen LogP contribution is 2.48. The van der Waals surface area contributed by atoms with E-state index in [2.05, 4.69) is 43.8 Å². The molecule has 1 heterocycles. The van der Waals surface area contributed by atoms with Crippen LogP contribution < -0.4 is 14.8 Å². The molecule has 1 N–H and O–H groups in total. The lowest BCUT2D eigenvalue weighted by Crippen LogP contribution is -2.63. The summed E-state index contributed by atoms with van der Waals surface area (Å²) in [5.74, 6) is -0.461. The number of carbonyl (C=O) groups excluding carboxylic acids is 3. The molecule has 17 nitrogen and oxygen atoms in total. The van der Waals surface area contributed by atoms with E-state index in [0.29, 0.717) is 11.5 Å². The van der Waals surface area contributed by atoms with Crippen molar-refractivity contribution in [2.45, 2.75) is 110 Å². The quantitative estimate of drug-likeness (QED) is 0.0321. The Morgan fingerprint density at radius 3 is 1.88 bits per heavy atom. The zero-order valence-corrected chi connectivity index (χ0v) is 41.9. The first-order chi connectivity index (χ1) is 32.6. The second-order valence-electron chi connectivity index (χ2n) is 16.7. The van der Waals surface area contributed by atoms with Gasteiger partial charge in [-0.05, 0) is 68.7 Å². The highest BCUT2D eigenvalue weighted by atomic mass is 31.2. The molecule has 374 valence electrons. The number of nitrogens with one attached hydrogen (secondary N) is 1. The predicted molar refractivity (Wildman–Crippen MR) is 254 cm³/mol. The molecule has 68 heavy (non-hydrogen) atoms. The molecule has 18 heteroatoms. The van der Waals surface area contributed by atoms with Crippen molar-refractivity contribution in [1.82, 2.24) is 9.99 Å². The van der Waals surface area contributed by atoms with Gasteiger partial charge in [0.1, 0.15) is 48.1 Å². The molecule has 3 aromatic rings. The summed E-state index contributed by atoms with van der Waals surface area (Å²) in [6.07, 6.45) is -3.02. The van der Waals surface area contributed by atoms with Gasteiger partial charge in [-0.15, -0.1) is 0 Å². The van der Waals surface area contributed by atoms with Crippen LogP contribution in [0.15, 0.2) is 78.9 Å². The second-order valence-corrected chi connectivity index (χ2v) is 18.1. The van der Waals surface area contributed by atoms with Crippen molar-refractivity contribution in [3.8, 4) is 17.6 Å². The summed E-state index contributed by atoms with van der Waals surface area (Å²) in [6.45, 7) is 14.7. The van der Waals surface area contributed by atoms with E-state index in [9.17, 15) is 19.6 Å². The maximum Gasteiger partial charge on any atom is 0.302 e. The van der Waals surface area contributed by atoms with Gasteiger partial charge in [-0.25, -0.2) is 4.67 Å². The molecule has 1 amide bonds. The summed E-state index contributed by atoms with van der Waals surface area (Å²) in [4.78, 5) is 36.0. The zero-order valence-electron chi connectivity index (χ0n) is 41.0. The van der Waals surface area contributed by atoms with E-state index >= 15 is 0 Å². The van der Waals surface area contributed by atoms with E-state index in [1.807, 2.05) is 78.9 Å². The molecule has 0 aromatic heterocycles. The van der Waals surface area contributed by atoms with Crippen LogP contribution >= 0.6 is 8.53 Å². The van der Waals surface area contributed by atoms with Gasteiger partial charge in [0, 0.05) is 38.8 Å². The number of hydrogen-bond donors (Lipinski definition) is 1. The van der Waals surface area contributed by atoms with Crippen LogP contribution in [0.1, 0.15) is 78.5 Å². The van der Waals surface area contributed by atoms with Crippen LogP contribution in [0, 0.1) is 17.2 Å². The Hall–Kier alpha value is -4.73. The van der Waals surface area contributed by atoms with Crippen LogP contribution in [-0.4, -0.2) is 132 Å². The lowest BCUT2D eigenvalue weighted by molar-refractivity contribution is -0.262. The fourth-order valence-corrected chi connectivity index (χ4v) is 9.53. The van der Waals surface area contributed by atoms with Crippen LogP contribution in [0.2, 0.25) is 0 Å². The number of nitriles is 1. The minimum Gasteiger partial charge on any atom is -0.497 e. The minimum absolute atomic E-state index is 0.0463. The van der Waals surface area contributed by atoms with E-state index in [1.54, 1.807) is 21.1 Å². The van der Waals surface area contributed by atoms with Gasteiger partial charge in [0.25, 0.3) is 8.53 Å². The van der Waals surface area contributed by atoms with E-state index in [4.69, 9.17) is 51.7 Å². The van der Waals surface area contributed by atoms with Gasteiger partial charge in [-0.3, -0.25) is 14.4 Å². The first kappa shape index (κ1) is 55.9. The maximum absolute atomic E-state index is 12.2. The topological polar surface area (TPSA) is 192 Å². The molecule has 0 radical (unpaired) electrons. The Morgan fingerprint density at radius 2 is 1.35 bits per heavy atom. The third-order valence-electron chi connectivity index (χ3n) is 10.9. The first-order valence-electron chi connectivity index (χ1n) is 22.9. The molecule has 1 aliphatic rings. The second kappa shape index (κ2) is 28.7. The number of rotatable bonds is 29. The molecular weight excluding hydrogens is 898 g/mol. The number of esters is 2. The fraction of sp³-hybridized carbons (Fsp3) is 0.560. The lowest BCUT2D eigenvalue weighted by atomic mass is 9.80. The van der Waals surface area contributed by atoms with Gasteiger partial charge < -0.3 is 57.0 Å². The van der Waals surface area contributed by atoms with Gasteiger partial charge in [-0.2, -0.15) is 5.26 Å². The predicted octanol–water partition coefficient (Wildman–Crippen LogP) is 7.08. The average Bonchev–Trinajstić information content (AvgIpc) is 3.31. The zero-order chi connectivity index (χ0) is 49.6. The Bertz CT molecular complexity index is 1950. The minimum atomic E-state index is -1.70. The summed E-state index contributed by atoms with van der Waals surface area (Å²) < 4.78 is 69.0. The molecule has 7 atom stereocenters. The third kappa shape index (κ3) is 16.5.